The van der Waals surface area contributed by atoms with Crippen molar-refractivity contribution in [1.29, 1.82) is 0 Å². The number of aromatic nitrogens is 5. The summed E-state index contributed by atoms with van der Waals surface area (Å²) < 4.78 is 7.00. The Balaban J connectivity index is 1.61. The van der Waals surface area contributed by atoms with Gasteiger partial charge >= 0.3 is 0 Å². The zero-order valence-corrected chi connectivity index (χ0v) is 13.5. The maximum atomic E-state index is 10.2. The second kappa shape index (κ2) is 6.80. The maximum Gasteiger partial charge on any atom is 0.177 e. The van der Waals surface area contributed by atoms with Crippen LogP contribution in [-0.4, -0.2) is 71.0 Å². The molecule has 26 heavy (non-hydrogen) atoms. The topological polar surface area (TPSA) is 154 Å². The SMILES string of the molecule is OC[C@H]1O[C@@H](n2cnc3c(NN=Cc4ccc[nH]4)ncnc32)[C@H](O)[C@@H]1O. The van der Waals surface area contributed by atoms with Crippen LogP contribution >= 0.6 is 0 Å². The molecule has 0 unspecified atom stereocenters. The van der Waals surface area contributed by atoms with E-state index in [1.54, 1.807) is 12.4 Å². The summed E-state index contributed by atoms with van der Waals surface area (Å²) in [5.74, 6) is 0.378. The van der Waals surface area contributed by atoms with Crippen LogP contribution in [0.15, 0.2) is 36.1 Å². The zero-order valence-electron chi connectivity index (χ0n) is 13.5. The number of anilines is 1. The highest BCUT2D eigenvalue weighted by Crippen LogP contribution is 2.31. The smallest absolute Gasteiger partial charge is 0.177 e. The van der Waals surface area contributed by atoms with E-state index in [2.05, 4.69) is 30.5 Å². The largest absolute Gasteiger partial charge is 0.394 e. The van der Waals surface area contributed by atoms with E-state index in [1.165, 1.54) is 17.2 Å². The molecule has 4 rings (SSSR count). The van der Waals surface area contributed by atoms with E-state index in [0.29, 0.717) is 17.0 Å². The third-order valence-corrected chi connectivity index (χ3v) is 4.15. The van der Waals surface area contributed by atoms with Gasteiger partial charge < -0.3 is 25.0 Å². The predicted octanol–water partition coefficient (Wildman–Crippen LogP) is -0.788. The van der Waals surface area contributed by atoms with Gasteiger partial charge in [-0.25, -0.2) is 15.0 Å². The number of aromatic amines is 1. The van der Waals surface area contributed by atoms with Crippen LogP contribution in [0.5, 0.6) is 0 Å². The summed E-state index contributed by atoms with van der Waals surface area (Å²) >= 11 is 0. The van der Waals surface area contributed by atoms with Gasteiger partial charge in [-0.15, -0.1) is 0 Å². The highest BCUT2D eigenvalue weighted by Gasteiger charge is 2.44. The number of ether oxygens (including phenoxy) is 1. The number of hydrogen-bond donors (Lipinski definition) is 5. The minimum Gasteiger partial charge on any atom is -0.394 e. The van der Waals surface area contributed by atoms with E-state index in [-0.39, 0.29) is 0 Å². The predicted molar refractivity (Wildman–Crippen MR) is 90.3 cm³/mol. The molecule has 4 heterocycles. The molecule has 0 spiro atoms. The molecule has 3 aromatic heterocycles. The van der Waals surface area contributed by atoms with Crippen molar-refractivity contribution in [2.45, 2.75) is 24.5 Å². The molecule has 11 nitrogen and oxygen atoms in total. The van der Waals surface area contributed by atoms with E-state index in [0.717, 1.165) is 5.69 Å². The van der Waals surface area contributed by atoms with Crippen LogP contribution in [0.3, 0.4) is 0 Å². The van der Waals surface area contributed by atoms with Crippen molar-refractivity contribution in [3.63, 3.8) is 0 Å². The molecule has 0 radical (unpaired) electrons. The molecule has 0 bridgehead atoms. The van der Waals surface area contributed by atoms with Crippen molar-refractivity contribution in [3.05, 3.63) is 36.7 Å². The van der Waals surface area contributed by atoms with Gasteiger partial charge in [0.2, 0.25) is 0 Å². The summed E-state index contributed by atoms with van der Waals surface area (Å²) in [4.78, 5) is 15.5. The molecule has 0 aromatic carbocycles. The Morgan fingerprint density at radius 1 is 1.31 bits per heavy atom. The first-order valence-electron chi connectivity index (χ1n) is 7.91. The number of hydrazone groups is 1. The fourth-order valence-corrected chi connectivity index (χ4v) is 2.82. The Morgan fingerprint density at radius 2 is 2.19 bits per heavy atom. The number of nitrogens with one attached hydrogen (secondary N) is 2. The van der Waals surface area contributed by atoms with Gasteiger partial charge in [0.25, 0.3) is 0 Å². The Hall–Kier alpha value is -2.86. The zero-order chi connectivity index (χ0) is 18.1. The van der Waals surface area contributed by atoms with Gasteiger partial charge in [0, 0.05) is 6.20 Å². The summed E-state index contributed by atoms with van der Waals surface area (Å²) in [6.45, 7) is -0.406. The fourth-order valence-electron chi connectivity index (χ4n) is 2.82. The van der Waals surface area contributed by atoms with Crippen molar-refractivity contribution < 1.29 is 20.1 Å². The molecule has 1 saturated heterocycles. The second-order valence-electron chi connectivity index (χ2n) is 5.77. The molecular weight excluding hydrogens is 342 g/mol. The molecule has 11 heteroatoms. The van der Waals surface area contributed by atoms with Crippen molar-refractivity contribution in [3.8, 4) is 0 Å². The standard InChI is InChI=1S/C15H17N7O4/c23-5-9-11(24)12(25)15(26-9)22-7-19-10-13(17-6-18-14(10)22)21-20-4-8-2-1-3-16-8/h1-4,6-7,9,11-12,15-16,23-25H,5H2,(H,17,18,21)/t9-,11-,12-,15-/m1/s1. The summed E-state index contributed by atoms with van der Waals surface area (Å²) in [6, 6.07) is 3.71. The van der Waals surface area contributed by atoms with E-state index in [1.807, 2.05) is 12.1 Å². The number of rotatable bonds is 5. The lowest BCUT2D eigenvalue weighted by atomic mass is 10.1. The van der Waals surface area contributed by atoms with Crippen LogP contribution in [0.25, 0.3) is 11.2 Å². The first kappa shape index (κ1) is 16.6. The molecule has 0 saturated carbocycles. The van der Waals surface area contributed by atoms with Crippen molar-refractivity contribution in [1.82, 2.24) is 24.5 Å². The second-order valence-corrected chi connectivity index (χ2v) is 5.77. The van der Waals surface area contributed by atoms with E-state index in [4.69, 9.17) is 4.74 Å². The highest BCUT2D eigenvalue weighted by atomic mass is 16.6. The highest BCUT2D eigenvalue weighted by molar-refractivity contribution is 5.84. The maximum absolute atomic E-state index is 10.2. The number of H-pyrrole nitrogens is 1. The van der Waals surface area contributed by atoms with Gasteiger partial charge in [0.05, 0.1) is 24.8 Å². The van der Waals surface area contributed by atoms with Crippen LogP contribution in [0, 0.1) is 0 Å². The quantitative estimate of drug-likeness (QED) is 0.293. The van der Waals surface area contributed by atoms with Crippen molar-refractivity contribution in [2.24, 2.45) is 5.10 Å². The number of fused-ring (bicyclic) bond motifs is 1. The van der Waals surface area contributed by atoms with Crippen LogP contribution < -0.4 is 5.43 Å². The van der Waals surface area contributed by atoms with Crippen LogP contribution in [0.4, 0.5) is 5.82 Å². The molecule has 4 atom stereocenters. The molecule has 1 aliphatic heterocycles. The Labute approximate surface area is 147 Å². The van der Waals surface area contributed by atoms with Gasteiger partial charge in [-0.1, -0.05) is 0 Å². The van der Waals surface area contributed by atoms with Crippen molar-refractivity contribution >= 4 is 23.2 Å². The summed E-state index contributed by atoms with van der Waals surface area (Å²) in [7, 11) is 0. The number of imidazole rings is 1. The first-order valence-corrected chi connectivity index (χ1v) is 7.91. The summed E-state index contributed by atoms with van der Waals surface area (Å²) in [6.07, 6.45) is 1.92. The molecule has 1 aliphatic rings. The van der Waals surface area contributed by atoms with Crippen molar-refractivity contribution in [2.75, 3.05) is 12.0 Å². The fraction of sp³-hybridized carbons (Fsp3) is 0.333. The van der Waals surface area contributed by atoms with Gasteiger partial charge in [-0.2, -0.15) is 5.10 Å². The number of aliphatic hydroxyl groups is 3. The third kappa shape index (κ3) is 2.82. The summed E-state index contributed by atoms with van der Waals surface area (Å²) in [5, 5.41) is 33.4. The van der Waals surface area contributed by atoms with Crippen LogP contribution in [-0.2, 0) is 4.74 Å². The average molecular weight is 359 g/mol. The number of aliphatic hydroxyl groups excluding tert-OH is 3. The third-order valence-electron chi connectivity index (χ3n) is 4.15. The molecule has 5 N–H and O–H groups in total. The molecule has 0 aliphatic carbocycles. The molecule has 136 valence electrons. The lowest BCUT2D eigenvalue weighted by molar-refractivity contribution is -0.0511. The van der Waals surface area contributed by atoms with Gasteiger partial charge in [0.1, 0.15) is 24.6 Å². The average Bonchev–Trinajstić information content (AvgIpc) is 3.37. The van der Waals surface area contributed by atoms with Gasteiger partial charge in [0.15, 0.2) is 23.2 Å². The van der Waals surface area contributed by atoms with Crippen LogP contribution in [0.2, 0.25) is 0 Å². The van der Waals surface area contributed by atoms with E-state index in [9.17, 15) is 15.3 Å². The van der Waals surface area contributed by atoms with Crippen LogP contribution in [0.1, 0.15) is 11.9 Å². The minimum atomic E-state index is -1.22. The normalized spacial score (nSPS) is 26.1. The molecular formula is C15H17N7O4. The minimum absolute atomic E-state index is 0.378. The van der Waals surface area contributed by atoms with Gasteiger partial charge in [-0.3, -0.25) is 9.99 Å². The number of hydrogen-bond acceptors (Lipinski definition) is 9. The molecule has 3 aromatic rings. The summed E-state index contributed by atoms with van der Waals surface area (Å²) in [5.41, 5.74) is 4.44. The van der Waals surface area contributed by atoms with Gasteiger partial charge in [-0.05, 0) is 12.1 Å². The number of nitrogens with zero attached hydrogens (tertiary/aromatic N) is 5. The monoisotopic (exact) mass is 359 g/mol. The Kier molecular flexibility index (Phi) is 4.34. The lowest BCUT2D eigenvalue weighted by Gasteiger charge is -2.16. The van der Waals surface area contributed by atoms with E-state index >= 15 is 0 Å². The lowest BCUT2D eigenvalue weighted by Crippen LogP contribution is -2.33. The first-order chi connectivity index (χ1) is 12.7. The van der Waals surface area contributed by atoms with E-state index < -0.39 is 31.1 Å². The molecule has 0 amide bonds. The molecule has 1 fully saturated rings. The Bertz CT molecular complexity index is 910. The Morgan fingerprint density at radius 3 is 2.92 bits per heavy atom.